The Hall–Kier alpha value is -0.820. The van der Waals surface area contributed by atoms with Crippen LogP contribution in [0.2, 0.25) is 0 Å². The molecule has 0 aliphatic heterocycles. The van der Waals surface area contributed by atoms with Crippen molar-refractivity contribution in [3.63, 3.8) is 0 Å². The number of benzene rings is 1. The summed E-state index contributed by atoms with van der Waals surface area (Å²) >= 11 is 0. The van der Waals surface area contributed by atoms with Crippen molar-refractivity contribution >= 4 is 22.4 Å². The standard InChI is InChI=1S/C14H24N2O3S.ClH/c1-5-14(6-2,10-15)16-20(17,18)13-9-11(3)7-8-12(13)19-4;/h7-9,16H,5-6,10,15H2,1-4H3;1H. The topological polar surface area (TPSA) is 81.4 Å². The monoisotopic (exact) mass is 336 g/mol. The van der Waals surface area contributed by atoms with E-state index < -0.39 is 15.6 Å². The number of methoxy groups -OCH3 is 1. The minimum atomic E-state index is -3.67. The van der Waals surface area contributed by atoms with Crippen molar-refractivity contribution in [3.05, 3.63) is 23.8 Å². The number of ether oxygens (including phenoxy) is 1. The van der Waals surface area contributed by atoms with Crippen LogP contribution in [0.5, 0.6) is 5.75 Å². The zero-order valence-electron chi connectivity index (χ0n) is 13.0. The van der Waals surface area contributed by atoms with Crippen LogP contribution in [0.3, 0.4) is 0 Å². The normalized spacial score (nSPS) is 11.9. The lowest BCUT2D eigenvalue weighted by Gasteiger charge is -2.31. The van der Waals surface area contributed by atoms with Crippen LogP contribution in [0.4, 0.5) is 0 Å². The third-order valence-electron chi connectivity index (χ3n) is 3.70. The van der Waals surface area contributed by atoms with Gasteiger partial charge in [-0.05, 0) is 37.5 Å². The molecule has 0 spiro atoms. The van der Waals surface area contributed by atoms with Crippen molar-refractivity contribution in [2.24, 2.45) is 5.73 Å². The van der Waals surface area contributed by atoms with E-state index in [9.17, 15) is 8.42 Å². The average molecular weight is 337 g/mol. The van der Waals surface area contributed by atoms with Crippen molar-refractivity contribution in [2.45, 2.75) is 44.0 Å². The van der Waals surface area contributed by atoms with Gasteiger partial charge in [-0.15, -0.1) is 12.4 Å². The molecule has 0 bridgehead atoms. The summed E-state index contributed by atoms with van der Waals surface area (Å²) in [5.74, 6) is 0.334. The predicted molar refractivity (Wildman–Crippen MR) is 87.7 cm³/mol. The van der Waals surface area contributed by atoms with Gasteiger partial charge in [0.05, 0.1) is 7.11 Å². The summed E-state index contributed by atoms with van der Waals surface area (Å²) in [6.07, 6.45) is 1.26. The summed E-state index contributed by atoms with van der Waals surface area (Å²) in [6.45, 7) is 5.94. The van der Waals surface area contributed by atoms with Crippen LogP contribution in [-0.2, 0) is 10.0 Å². The highest BCUT2D eigenvalue weighted by Gasteiger charge is 2.32. The fraction of sp³-hybridized carbons (Fsp3) is 0.571. The molecule has 0 radical (unpaired) electrons. The van der Waals surface area contributed by atoms with Crippen LogP contribution in [0.1, 0.15) is 32.3 Å². The van der Waals surface area contributed by atoms with Gasteiger partial charge in [-0.1, -0.05) is 19.9 Å². The SMILES string of the molecule is CCC(CC)(CN)NS(=O)(=O)c1cc(C)ccc1OC.Cl. The Morgan fingerprint density at radius 3 is 2.29 bits per heavy atom. The Balaban J connectivity index is 0.00000400. The number of sulfonamides is 1. The Kier molecular flexibility index (Phi) is 7.67. The van der Waals surface area contributed by atoms with E-state index in [1.807, 2.05) is 26.8 Å². The zero-order chi connectivity index (χ0) is 15.4. The molecule has 3 N–H and O–H groups in total. The van der Waals surface area contributed by atoms with Gasteiger partial charge in [0.2, 0.25) is 10.0 Å². The molecule has 0 amide bonds. The van der Waals surface area contributed by atoms with Crippen molar-refractivity contribution < 1.29 is 13.2 Å². The van der Waals surface area contributed by atoms with Crippen LogP contribution in [0, 0.1) is 6.92 Å². The van der Waals surface area contributed by atoms with Crippen molar-refractivity contribution in [3.8, 4) is 5.75 Å². The third kappa shape index (κ3) is 4.57. The number of hydrogen-bond donors (Lipinski definition) is 2. The molecule has 0 heterocycles. The highest BCUT2D eigenvalue weighted by atomic mass is 35.5. The van der Waals surface area contributed by atoms with E-state index >= 15 is 0 Å². The minimum Gasteiger partial charge on any atom is -0.495 e. The molecule has 1 rings (SSSR count). The van der Waals surface area contributed by atoms with Crippen LogP contribution in [-0.4, -0.2) is 27.6 Å². The van der Waals surface area contributed by atoms with Gasteiger partial charge in [0, 0.05) is 12.1 Å². The summed E-state index contributed by atoms with van der Waals surface area (Å²) in [5, 5.41) is 0. The summed E-state index contributed by atoms with van der Waals surface area (Å²) < 4.78 is 33.1. The molecule has 0 atom stereocenters. The first kappa shape index (κ1) is 20.2. The molecule has 5 nitrogen and oxygen atoms in total. The summed E-state index contributed by atoms with van der Waals surface area (Å²) in [6, 6.07) is 5.08. The van der Waals surface area contributed by atoms with Crippen LogP contribution in [0.15, 0.2) is 23.1 Å². The lowest BCUT2D eigenvalue weighted by molar-refractivity contribution is 0.360. The van der Waals surface area contributed by atoms with Gasteiger partial charge in [0.25, 0.3) is 0 Å². The molecule has 0 aliphatic carbocycles. The Bertz CT molecular complexity index is 549. The molecule has 0 fully saturated rings. The number of nitrogens with two attached hydrogens (primary N) is 1. The lowest BCUT2D eigenvalue weighted by Crippen LogP contribution is -2.52. The van der Waals surface area contributed by atoms with Crippen molar-refractivity contribution in [2.75, 3.05) is 13.7 Å². The number of rotatable bonds is 7. The van der Waals surface area contributed by atoms with Gasteiger partial charge in [0.15, 0.2) is 0 Å². The van der Waals surface area contributed by atoms with E-state index in [-0.39, 0.29) is 23.8 Å². The molecule has 0 aromatic heterocycles. The largest absolute Gasteiger partial charge is 0.495 e. The maximum Gasteiger partial charge on any atom is 0.244 e. The number of halogens is 1. The maximum atomic E-state index is 12.6. The summed E-state index contributed by atoms with van der Waals surface area (Å²) in [7, 11) is -2.22. The van der Waals surface area contributed by atoms with E-state index in [0.29, 0.717) is 18.6 Å². The van der Waals surface area contributed by atoms with Crippen LogP contribution < -0.4 is 15.2 Å². The number of aryl methyl sites for hydroxylation is 1. The van der Waals surface area contributed by atoms with Crippen LogP contribution >= 0.6 is 12.4 Å². The molecule has 122 valence electrons. The molecule has 1 aromatic carbocycles. The van der Waals surface area contributed by atoms with E-state index in [0.717, 1.165) is 5.56 Å². The molecule has 0 unspecified atom stereocenters. The predicted octanol–water partition coefficient (Wildman–Crippen LogP) is 2.22. The second kappa shape index (κ2) is 7.98. The zero-order valence-corrected chi connectivity index (χ0v) is 14.6. The second-order valence-electron chi connectivity index (χ2n) is 4.95. The first-order valence-corrected chi connectivity index (χ1v) is 8.21. The molecule has 1 aromatic rings. The van der Waals surface area contributed by atoms with Gasteiger partial charge in [-0.25, -0.2) is 13.1 Å². The molecular formula is C14H25ClN2O3S. The molecular weight excluding hydrogens is 312 g/mol. The van der Waals surface area contributed by atoms with Gasteiger partial charge >= 0.3 is 0 Å². The van der Waals surface area contributed by atoms with E-state index in [1.165, 1.54) is 7.11 Å². The Morgan fingerprint density at radius 2 is 1.86 bits per heavy atom. The second-order valence-corrected chi connectivity index (χ2v) is 6.60. The van der Waals surface area contributed by atoms with Crippen molar-refractivity contribution in [1.29, 1.82) is 0 Å². The van der Waals surface area contributed by atoms with E-state index in [2.05, 4.69) is 4.72 Å². The van der Waals surface area contributed by atoms with Crippen molar-refractivity contribution in [1.82, 2.24) is 4.72 Å². The molecule has 0 aliphatic rings. The molecule has 0 saturated heterocycles. The third-order valence-corrected chi connectivity index (χ3v) is 5.30. The fourth-order valence-corrected chi connectivity index (χ4v) is 3.87. The summed E-state index contributed by atoms with van der Waals surface area (Å²) in [4.78, 5) is 0.153. The Morgan fingerprint density at radius 1 is 1.29 bits per heavy atom. The maximum absolute atomic E-state index is 12.6. The summed E-state index contributed by atoms with van der Waals surface area (Å²) in [5.41, 5.74) is 6.00. The molecule has 0 saturated carbocycles. The first-order valence-electron chi connectivity index (χ1n) is 6.73. The fourth-order valence-electron chi connectivity index (χ4n) is 2.06. The quantitative estimate of drug-likeness (QED) is 0.800. The molecule has 7 heteroatoms. The minimum absolute atomic E-state index is 0. The lowest BCUT2D eigenvalue weighted by atomic mass is 9.95. The highest BCUT2D eigenvalue weighted by molar-refractivity contribution is 7.89. The van der Waals surface area contributed by atoms with Gasteiger partial charge in [0.1, 0.15) is 10.6 Å². The smallest absolute Gasteiger partial charge is 0.244 e. The van der Waals surface area contributed by atoms with Gasteiger partial charge < -0.3 is 10.5 Å². The van der Waals surface area contributed by atoms with Gasteiger partial charge in [-0.2, -0.15) is 0 Å². The van der Waals surface area contributed by atoms with E-state index in [1.54, 1.807) is 12.1 Å². The number of nitrogens with one attached hydrogen (secondary N) is 1. The van der Waals surface area contributed by atoms with Crippen LogP contribution in [0.25, 0.3) is 0 Å². The molecule has 21 heavy (non-hydrogen) atoms. The average Bonchev–Trinajstić information content (AvgIpc) is 2.45. The first-order chi connectivity index (χ1) is 9.34. The Labute approximate surface area is 133 Å². The van der Waals surface area contributed by atoms with E-state index in [4.69, 9.17) is 10.5 Å². The van der Waals surface area contributed by atoms with Gasteiger partial charge in [-0.3, -0.25) is 0 Å². The number of hydrogen-bond acceptors (Lipinski definition) is 4. The highest BCUT2D eigenvalue weighted by Crippen LogP contribution is 2.27.